The zero-order valence-corrected chi connectivity index (χ0v) is 8.13. The average Bonchev–Trinajstić information content (AvgIpc) is 1.95. The van der Waals surface area contributed by atoms with Crippen molar-refractivity contribution in [3.05, 3.63) is 28.2 Å². The summed E-state index contributed by atoms with van der Waals surface area (Å²) in [6.07, 6.45) is 0. The Bertz CT molecular complexity index is 297. The summed E-state index contributed by atoms with van der Waals surface area (Å²) in [7, 11) is 0. The van der Waals surface area contributed by atoms with Crippen LogP contribution in [0.15, 0.2) is 22.7 Å². The van der Waals surface area contributed by atoms with Crippen molar-refractivity contribution in [2.45, 2.75) is 5.92 Å². The molecule has 1 saturated heterocycles. The quantitative estimate of drug-likeness (QED) is 0.768. The third kappa shape index (κ3) is 1.23. The van der Waals surface area contributed by atoms with Crippen molar-refractivity contribution in [3.63, 3.8) is 0 Å². The van der Waals surface area contributed by atoms with Crippen molar-refractivity contribution in [2.75, 3.05) is 13.1 Å². The summed E-state index contributed by atoms with van der Waals surface area (Å²) < 4.78 is 0.784. The predicted octanol–water partition coefficient (Wildman–Crippen LogP) is 1.84. The summed E-state index contributed by atoms with van der Waals surface area (Å²) in [5.74, 6) is 0.881. The maximum atomic E-state index is 9.66. The van der Waals surface area contributed by atoms with Crippen LogP contribution < -0.4 is 5.32 Å². The first kappa shape index (κ1) is 8.08. The van der Waals surface area contributed by atoms with E-state index in [1.807, 2.05) is 18.2 Å². The number of benzene rings is 1. The third-order valence-electron chi connectivity index (χ3n) is 2.24. The van der Waals surface area contributed by atoms with Crippen LogP contribution in [0.5, 0.6) is 5.75 Å². The maximum Gasteiger partial charge on any atom is 0.133 e. The number of rotatable bonds is 1. The Morgan fingerprint density at radius 1 is 1.42 bits per heavy atom. The second-order valence-electron chi connectivity index (χ2n) is 3.03. The summed E-state index contributed by atoms with van der Waals surface area (Å²) in [5.41, 5.74) is 1.04. The van der Waals surface area contributed by atoms with Crippen LogP contribution in [0.4, 0.5) is 0 Å². The van der Waals surface area contributed by atoms with Crippen LogP contribution in [0.25, 0.3) is 0 Å². The molecule has 1 aromatic rings. The van der Waals surface area contributed by atoms with Gasteiger partial charge in [0.2, 0.25) is 0 Å². The lowest BCUT2D eigenvalue weighted by Crippen LogP contribution is -2.39. The molecule has 3 heteroatoms. The molecular formula is C9H10BrNO. The summed E-state index contributed by atoms with van der Waals surface area (Å²) in [6.45, 7) is 1.95. The molecule has 0 saturated carbocycles. The van der Waals surface area contributed by atoms with Gasteiger partial charge in [-0.3, -0.25) is 0 Å². The van der Waals surface area contributed by atoms with Crippen molar-refractivity contribution in [3.8, 4) is 5.75 Å². The van der Waals surface area contributed by atoms with Crippen molar-refractivity contribution in [1.29, 1.82) is 0 Å². The van der Waals surface area contributed by atoms with E-state index in [9.17, 15) is 5.11 Å². The van der Waals surface area contributed by atoms with Gasteiger partial charge in [0.1, 0.15) is 5.75 Å². The number of hydrogen-bond acceptors (Lipinski definition) is 2. The largest absolute Gasteiger partial charge is 0.506 e. The van der Waals surface area contributed by atoms with E-state index < -0.39 is 0 Å². The molecule has 64 valence electrons. The lowest BCUT2D eigenvalue weighted by Gasteiger charge is -2.28. The molecule has 0 bridgehead atoms. The first-order valence-electron chi connectivity index (χ1n) is 3.97. The minimum Gasteiger partial charge on any atom is -0.506 e. The van der Waals surface area contributed by atoms with Gasteiger partial charge in [0, 0.05) is 24.6 Å². The molecule has 0 aromatic heterocycles. The lowest BCUT2D eigenvalue weighted by atomic mass is 9.93. The number of phenols is 1. The molecule has 1 aromatic carbocycles. The Morgan fingerprint density at radius 3 is 2.75 bits per heavy atom. The Hall–Kier alpha value is -0.540. The molecule has 1 aliphatic heterocycles. The second kappa shape index (κ2) is 3.07. The fourth-order valence-electron chi connectivity index (χ4n) is 1.37. The highest BCUT2D eigenvalue weighted by Crippen LogP contribution is 2.33. The molecule has 1 aliphatic rings. The molecular weight excluding hydrogens is 218 g/mol. The Kier molecular flexibility index (Phi) is 2.07. The monoisotopic (exact) mass is 227 g/mol. The van der Waals surface area contributed by atoms with E-state index in [4.69, 9.17) is 0 Å². The number of aromatic hydroxyl groups is 1. The van der Waals surface area contributed by atoms with Gasteiger partial charge in [-0.1, -0.05) is 12.1 Å². The standard InChI is InChI=1S/C9H10BrNO/c10-8-3-1-2-7(9(8)12)6-4-11-5-6/h1-3,6,11-12H,4-5H2. The normalized spacial score (nSPS) is 17.4. The van der Waals surface area contributed by atoms with E-state index in [1.54, 1.807) is 0 Å². The highest BCUT2D eigenvalue weighted by atomic mass is 79.9. The van der Waals surface area contributed by atoms with Crippen LogP contribution in [-0.4, -0.2) is 18.2 Å². The van der Waals surface area contributed by atoms with Crippen molar-refractivity contribution in [2.24, 2.45) is 0 Å². The zero-order chi connectivity index (χ0) is 8.55. The molecule has 0 spiro atoms. The highest BCUT2D eigenvalue weighted by Gasteiger charge is 2.22. The molecule has 0 radical (unpaired) electrons. The Labute approximate surface area is 79.7 Å². The van der Waals surface area contributed by atoms with Gasteiger partial charge in [0.15, 0.2) is 0 Å². The number of halogens is 1. The van der Waals surface area contributed by atoms with Crippen LogP contribution in [-0.2, 0) is 0 Å². The van der Waals surface area contributed by atoms with E-state index in [0.29, 0.717) is 11.7 Å². The molecule has 1 fully saturated rings. The Morgan fingerprint density at radius 2 is 2.17 bits per heavy atom. The second-order valence-corrected chi connectivity index (χ2v) is 3.89. The van der Waals surface area contributed by atoms with Crippen LogP contribution in [0.2, 0.25) is 0 Å². The average molecular weight is 228 g/mol. The van der Waals surface area contributed by atoms with Gasteiger partial charge in [-0.25, -0.2) is 0 Å². The molecule has 1 heterocycles. The molecule has 2 rings (SSSR count). The van der Waals surface area contributed by atoms with Crippen molar-refractivity contribution in [1.82, 2.24) is 5.32 Å². The highest BCUT2D eigenvalue weighted by molar-refractivity contribution is 9.10. The van der Waals surface area contributed by atoms with Gasteiger partial charge in [-0.2, -0.15) is 0 Å². The first-order valence-corrected chi connectivity index (χ1v) is 4.76. The number of nitrogens with one attached hydrogen (secondary N) is 1. The molecule has 12 heavy (non-hydrogen) atoms. The predicted molar refractivity (Wildman–Crippen MR) is 51.4 cm³/mol. The van der Waals surface area contributed by atoms with E-state index in [2.05, 4.69) is 21.2 Å². The zero-order valence-electron chi connectivity index (χ0n) is 6.55. The van der Waals surface area contributed by atoms with Gasteiger partial charge in [0.05, 0.1) is 4.47 Å². The molecule has 2 N–H and O–H groups in total. The fourth-order valence-corrected chi connectivity index (χ4v) is 1.75. The van der Waals surface area contributed by atoms with E-state index in [-0.39, 0.29) is 0 Å². The van der Waals surface area contributed by atoms with Gasteiger partial charge in [-0.15, -0.1) is 0 Å². The van der Waals surface area contributed by atoms with E-state index in [1.165, 1.54) is 0 Å². The molecule has 0 amide bonds. The minimum atomic E-state index is 0.393. The molecule has 0 atom stereocenters. The SMILES string of the molecule is Oc1c(Br)cccc1C1CNC1. The molecule has 0 unspecified atom stereocenters. The van der Waals surface area contributed by atoms with E-state index in [0.717, 1.165) is 23.1 Å². The summed E-state index contributed by atoms with van der Waals surface area (Å²) in [4.78, 5) is 0. The third-order valence-corrected chi connectivity index (χ3v) is 2.88. The van der Waals surface area contributed by atoms with E-state index >= 15 is 0 Å². The smallest absolute Gasteiger partial charge is 0.133 e. The summed E-state index contributed by atoms with van der Waals surface area (Å²) in [6, 6.07) is 5.79. The topological polar surface area (TPSA) is 32.3 Å². The first-order chi connectivity index (χ1) is 5.79. The van der Waals surface area contributed by atoms with Gasteiger partial charge in [0.25, 0.3) is 0 Å². The Balaban J connectivity index is 2.36. The number of para-hydroxylation sites is 1. The minimum absolute atomic E-state index is 0.393. The van der Waals surface area contributed by atoms with Gasteiger partial charge in [-0.05, 0) is 22.0 Å². The maximum absolute atomic E-state index is 9.66. The van der Waals surface area contributed by atoms with Crippen LogP contribution in [0, 0.1) is 0 Å². The van der Waals surface area contributed by atoms with Crippen LogP contribution in [0.3, 0.4) is 0 Å². The molecule has 0 aliphatic carbocycles. The van der Waals surface area contributed by atoms with Crippen LogP contribution in [0.1, 0.15) is 11.5 Å². The molecule has 2 nitrogen and oxygen atoms in total. The lowest BCUT2D eigenvalue weighted by molar-refractivity contribution is 0.411. The van der Waals surface area contributed by atoms with Crippen molar-refractivity contribution < 1.29 is 5.11 Å². The summed E-state index contributed by atoms with van der Waals surface area (Å²) >= 11 is 3.30. The van der Waals surface area contributed by atoms with Crippen molar-refractivity contribution >= 4 is 15.9 Å². The number of hydrogen-bond donors (Lipinski definition) is 2. The van der Waals surface area contributed by atoms with Crippen LogP contribution >= 0.6 is 15.9 Å². The number of phenolic OH excluding ortho intramolecular Hbond substituents is 1. The summed E-state index contributed by atoms with van der Waals surface area (Å²) in [5, 5.41) is 12.8. The van der Waals surface area contributed by atoms with Gasteiger partial charge >= 0.3 is 0 Å². The van der Waals surface area contributed by atoms with Gasteiger partial charge < -0.3 is 10.4 Å². The fraction of sp³-hybridized carbons (Fsp3) is 0.333.